The van der Waals surface area contributed by atoms with E-state index in [4.69, 9.17) is 0 Å². The fourth-order valence-electron chi connectivity index (χ4n) is 7.89. The zero-order chi connectivity index (χ0) is 33.6. The summed E-state index contributed by atoms with van der Waals surface area (Å²) in [5, 5.41) is 15.6. The Bertz CT molecular complexity index is 2570. The monoisotopic (exact) mass is 700 g/mol. The number of hydrogen-bond acceptors (Lipinski definition) is 0. The Kier molecular flexibility index (Phi) is 7.64. The molecule has 0 fully saturated rings. The van der Waals surface area contributed by atoms with Crippen molar-refractivity contribution in [2.24, 2.45) is 0 Å². The quantitative estimate of drug-likeness (QED) is 0.157. The van der Waals surface area contributed by atoms with Crippen LogP contribution < -0.4 is 0 Å². The molecule has 1 heteroatoms. The van der Waals surface area contributed by atoms with Crippen LogP contribution in [0.25, 0.3) is 86.9 Å². The minimum atomic E-state index is 1.17. The van der Waals surface area contributed by atoms with Gasteiger partial charge < -0.3 is 0 Å². The van der Waals surface area contributed by atoms with Crippen LogP contribution >= 0.6 is 15.9 Å². The second kappa shape index (κ2) is 12.6. The number of halogens is 1. The van der Waals surface area contributed by atoms with Gasteiger partial charge in [-0.15, -0.1) is 0 Å². The van der Waals surface area contributed by atoms with Crippen LogP contribution in [0.2, 0.25) is 0 Å². The van der Waals surface area contributed by atoms with Crippen LogP contribution in [0.15, 0.2) is 186 Å². The molecule has 0 unspecified atom stereocenters. The van der Waals surface area contributed by atoms with Gasteiger partial charge in [-0.05, 0) is 115 Å². The van der Waals surface area contributed by atoms with E-state index in [0.29, 0.717) is 0 Å². The molecule has 0 bridgehead atoms. The van der Waals surface area contributed by atoms with E-state index in [2.05, 4.69) is 205 Å². The molecule has 0 nitrogen and oxygen atoms in total. The summed E-state index contributed by atoms with van der Waals surface area (Å²) >= 11 is 3.84. The molecule has 236 valence electrons. The SMILES string of the molecule is Brc1c2ccccc2c(-c2cccc3ccccc23)c2ccccc12.Cc1c2ccccc2c(-c2cccc3ccccc23)c2ccccc12. The Morgan fingerprint density at radius 1 is 0.280 bits per heavy atom. The fourth-order valence-corrected chi connectivity index (χ4v) is 8.58. The molecule has 50 heavy (non-hydrogen) atoms. The maximum absolute atomic E-state index is 3.84. The van der Waals surface area contributed by atoms with Crippen molar-refractivity contribution in [1.82, 2.24) is 0 Å². The summed E-state index contributed by atoms with van der Waals surface area (Å²) < 4.78 is 1.17. The summed E-state index contributed by atoms with van der Waals surface area (Å²) in [7, 11) is 0. The minimum absolute atomic E-state index is 1.17. The van der Waals surface area contributed by atoms with Crippen LogP contribution in [0.4, 0.5) is 0 Å². The summed E-state index contributed by atoms with van der Waals surface area (Å²) in [6, 6.07) is 65.3. The second-order valence-corrected chi connectivity index (χ2v) is 13.7. The van der Waals surface area contributed by atoms with Gasteiger partial charge in [0.1, 0.15) is 0 Å². The molecule has 0 spiro atoms. The summed E-state index contributed by atoms with van der Waals surface area (Å²) in [6.07, 6.45) is 0. The van der Waals surface area contributed by atoms with Gasteiger partial charge in [-0.2, -0.15) is 0 Å². The van der Waals surface area contributed by atoms with E-state index < -0.39 is 0 Å². The first-order valence-electron chi connectivity index (χ1n) is 17.1. The number of hydrogen-bond donors (Lipinski definition) is 0. The largest absolute Gasteiger partial charge is 0.0616 e. The molecule has 0 amide bonds. The first-order valence-corrected chi connectivity index (χ1v) is 17.9. The van der Waals surface area contributed by atoms with E-state index in [9.17, 15) is 0 Å². The molecule has 0 radical (unpaired) electrons. The highest BCUT2D eigenvalue weighted by atomic mass is 79.9. The van der Waals surface area contributed by atoms with E-state index >= 15 is 0 Å². The van der Waals surface area contributed by atoms with Gasteiger partial charge in [0.25, 0.3) is 0 Å². The van der Waals surface area contributed by atoms with Crippen molar-refractivity contribution in [3.05, 3.63) is 192 Å². The van der Waals surface area contributed by atoms with E-state index in [-0.39, 0.29) is 0 Å². The molecular formula is C49H33Br. The Morgan fingerprint density at radius 2 is 0.560 bits per heavy atom. The number of benzene rings is 10. The van der Waals surface area contributed by atoms with Crippen molar-refractivity contribution in [1.29, 1.82) is 0 Å². The Balaban J connectivity index is 0.000000135. The van der Waals surface area contributed by atoms with E-state index in [1.54, 1.807) is 0 Å². The van der Waals surface area contributed by atoms with Gasteiger partial charge in [-0.3, -0.25) is 0 Å². The Morgan fingerprint density at radius 3 is 0.960 bits per heavy atom. The van der Waals surface area contributed by atoms with Crippen molar-refractivity contribution in [3.63, 3.8) is 0 Å². The molecule has 0 atom stereocenters. The highest BCUT2D eigenvalue weighted by Gasteiger charge is 2.16. The molecule has 0 heterocycles. The first-order chi connectivity index (χ1) is 24.7. The highest BCUT2D eigenvalue weighted by molar-refractivity contribution is 9.10. The predicted molar refractivity (Wildman–Crippen MR) is 221 cm³/mol. The third kappa shape index (κ3) is 4.97. The van der Waals surface area contributed by atoms with Crippen molar-refractivity contribution < 1.29 is 0 Å². The van der Waals surface area contributed by atoms with Gasteiger partial charge in [0, 0.05) is 4.47 Å². The molecule has 0 aromatic heterocycles. The minimum Gasteiger partial charge on any atom is -0.0616 e. The van der Waals surface area contributed by atoms with E-state index in [1.807, 2.05) is 0 Å². The predicted octanol–water partition coefficient (Wildman–Crippen LogP) is 14.7. The lowest BCUT2D eigenvalue weighted by Gasteiger charge is -2.16. The fraction of sp³-hybridized carbons (Fsp3) is 0.0204. The average molecular weight is 702 g/mol. The smallest absolute Gasteiger partial charge is 0.0332 e. The molecular weight excluding hydrogens is 668 g/mol. The Hall–Kier alpha value is -5.76. The van der Waals surface area contributed by atoms with Gasteiger partial charge >= 0.3 is 0 Å². The number of aryl methyl sites for hydroxylation is 1. The zero-order valence-electron chi connectivity index (χ0n) is 27.7. The Labute approximate surface area is 300 Å². The molecule has 0 aliphatic rings. The first kappa shape index (κ1) is 30.3. The summed E-state index contributed by atoms with van der Waals surface area (Å²) in [6.45, 7) is 2.23. The third-order valence-electron chi connectivity index (χ3n) is 10.2. The summed E-state index contributed by atoms with van der Waals surface area (Å²) in [5.41, 5.74) is 6.61. The lowest BCUT2D eigenvalue weighted by molar-refractivity contribution is 1.58. The van der Waals surface area contributed by atoms with Gasteiger partial charge in [0.15, 0.2) is 0 Å². The van der Waals surface area contributed by atoms with Crippen molar-refractivity contribution in [2.75, 3.05) is 0 Å². The molecule has 0 saturated heterocycles. The summed E-state index contributed by atoms with van der Waals surface area (Å²) in [4.78, 5) is 0. The molecule has 10 rings (SSSR count). The van der Waals surface area contributed by atoms with Crippen LogP contribution in [-0.4, -0.2) is 0 Å². The standard InChI is InChI=1S/C25H18.C24H15Br/c1-17-19-11-4-6-14-22(19)25(23-15-7-5-12-20(17)23)24-16-8-10-18-9-2-3-13-21(18)24;25-24-21-13-5-3-11-19(21)23(20-12-4-6-14-22(20)24)18-15-7-9-16-8-1-2-10-17(16)18/h2-16H,1H3;1-15H. The van der Waals surface area contributed by atoms with Crippen LogP contribution in [-0.2, 0) is 0 Å². The van der Waals surface area contributed by atoms with Gasteiger partial charge in [-0.25, -0.2) is 0 Å². The number of fused-ring (bicyclic) bond motifs is 6. The molecule has 0 saturated carbocycles. The average Bonchev–Trinajstić information content (AvgIpc) is 3.19. The van der Waals surface area contributed by atoms with E-state index in [0.717, 1.165) is 0 Å². The van der Waals surface area contributed by atoms with Crippen LogP contribution in [0.3, 0.4) is 0 Å². The van der Waals surface area contributed by atoms with Gasteiger partial charge in [0.05, 0.1) is 0 Å². The van der Waals surface area contributed by atoms with Crippen molar-refractivity contribution >= 4 is 80.6 Å². The maximum Gasteiger partial charge on any atom is 0.0332 e. The maximum atomic E-state index is 3.84. The molecule has 0 N–H and O–H groups in total. The van der Waals surface area contributed by atoms with Crippen molar-refractivity contribution in [3.8, 4) is 22.3 Å². The van der Waals surface area contributed by atoms with Crippen LogP contribution in [0.5, 0.6) is 0 Å². The topological polar surface area (TPSA) is 0 Å². The van der Waals surface area contributed by atoms with Crippen LogP contribution in [0, 0.1) is 6.92 Å². The molecule has 10 aromatic rings. The van der Waals surface area contributed by atoms with Crippen LogP contribution in [0.1, 0.15) is 5.56 Å². The second-order valence-electron chi connectivity index (χ2n) is 12.9. The highest BCUT2D eigenvalue weighted by Crippen LogP contribution is 2.44. The van der Waals surface area contributed by atoms with Crippen molar-refractivity contribution in [2.45, 2.75) is 6.92 Å². The van der Waals surface area contributed by atoms with Gasteiger partial charge in [-0.1, -0.05) is 182 Å². The zero-order valence-corrected chi connectivity index (χ0v) is 29.3. The molecule has 0 aliphatic heterocycles. The lowest BCUT2D eigenvalue weighted by atomic mass is 9.87. The number of rotatable bonds is 2. The van der Waals surface area contributed by atoms with Gasteiger partial charge in [0.2, 0.25) is 0 Å². The van der Waals surface area contributed by atoms with E-state index in [1.165, 1.54) is 96.9 Å². The molecule has 0 aliphatic carbocycles. The molecule has 10 aromatic carbocycles. The summed E-state index contributed by atoms with van der Waals surface area (Å²) in [5.74, 6) is 0. The normalized spacial score (nSPS) is 11.4. The lowest BCUT2D eigenvalue weighted by Crippen LogP contribution is -1.90. The third-order valence-corrected chi connectivity index (χ3v) is 11.0.